The Hall–Kier alpha value is 0.170. The molecule has 0 radical (unpaired) electrons. The van der Waals surface area contributed by atoms with Gasteiger partial charge in [-0.1, -0.05) is 0 Å². The quantitative estimate of drug-likeness (QED) is 0.709. The molecule has 2 rings (SSSR count). The van der Waals surface area contributed by atoms with E-state index in [4.69, 9.17) is 5.11 Å². The summed E-state index contributed by atoms with van der Waals surface area (Å²) in [4.78, 5) is 10.7. The molecule has 4 heteroatoms. The number of carboxylic acids is 1. The summed E-state index contributed by atoms with van der Waals surface area (Å²) in [6.45, 7) is 0. The van der Waals surface area contributed by atoms with Crippen LogP contribution in [-0.2, 0) is 4.79 Å². The molecule has 68 valence electrons. The zero-order chi connectivity index (χ0) is 8.60. The van der Waals surface area contributed by atoms with Gasteiger partial charge in [-0.15, -0.1) is 23.5 Å². The number of carboxylic acid groups (broad SMARTS) is 1. The van der Waals surface area contributed by atoms with Gasteiger partial charge in [0.2, 0.25) is 0 Å². The largest absolute Gasteiger partial charge is 0.481 e. The standard InChI is InChI=1S/C8H12O2S2/c9-7(10)6-1-2-8(5-6)11-3-4-12-8/h6H,1-5H2,(H,9,10)/t6-/m0/s1. The van der Waals surface area contributed by atoms with Crippen LogP contribution >= 0.6 is 23.5 Å². The molecule has 0 amide bonds. The summed E-state index contributed by atoms with van der Waals surface area (Å²) in [5, 5.41) is 8.84. The van der Waals surface area contributed by atoms with Crippen molar-refractivity contribution in [3.63, 3.8) is 0 Å². The number of carbonyl (C=O) groups is 1. The third-order valence-electron chi connectivity index (χ3n) is 2.59. The molecule has 1 atom stereocenters. The van der Waals surface area contributed by atoms with Crippen LogP contribution < -0.4 is 0 Å². The second-order valence-electron chi connectivity index (χ2n) is 3.39. The lowest BCUT2D eigenvalue weighted by atomic mass is 10.1. The van der Waals surface area contributed by atoms with Crippen LogP contribution in [0.2, 0.25) is 0 Å². The van der Waals surface area contributed by atoms with Gasteiger partial charge in [0.05, 0.1) is 10.00 Å². The van der Waals surface area contributed by atoms with Crippen LogP contribution in [0.15, 0.2) is 0 Å². The summed E-state index contributed by atoms with van der Waals surface area (Å²) in [6.07, 6.45) is 2.87. The monoisotopic (exact) mass is 204 g/mol. The molecule has 0 unspecified atom stereocenters. The normalized spacial score (nSPS) is 32.8. The summed E-state index contributed by atoms with van der Waals surface area (Å²) in [7, 11) is 0. The van der Waals surface area contributed by atoms with Crippen LogP contribution in [0.1, 0.15) is 19.3 Å². The Morgan fingerprint density at radius 3 is 2.58 bits per heavy atom. The average Bonchev–Trinajstić information content (AvgIpc) is 2.62. The van der Waals surface area contributed by atoms with Crippen LogP contribution in [0.25, 0.3) is 0 Å². The van der Waals surface area contributed by atoms with E-state index in [0.717, 1.165) is 19.3 Å². The molecular formula is C8H12O2S2. The predicted molar refractivity (Wildman–Crippen MR) is 52.6 cm³/mol. The summed E-state index contributed by atoms with van der Waals surface area (Å²) >= 11 is 3.95. The number of hydrogen-bond acceptors (Lipinski definition) is 3. The first-order valence-corrected chi connectivity index (χ1v) is 6.20. The smallest absolute Gasteiger partial charge is 0.306 e. The van der Waals surface area contributed by atoms with Crippen molar-refractivity contribution < 1.29 is 9.90 Å². The Kier molecular flexibility index (Phi) is 2.29. The van der Waals surface area contributed by atoms with Crippen LogP contribution in [-0.4, -0.2) is 26.7 Å². The highest BCUT2D eigenvalue weighted by Crippen LogP contribution is 2.55. The van der Waals surface area contributed by atoms with Crippen LogP contribution in [0, 0.1) is 5.92 Å². The Labute approximate surface area is 80.5 Å². The minimum Gasteiger partial charge on any atom is -0.481 e. The molecule has 0 bridgehead atoms. The first-order valence-electron chi connectivity index (χ1n) is 4.23. The third-order valence-corrected chi connectivity index (χ3v) is 6.17. The SMILES string of the molecule is O=C(O)[C@H]1CCC2(C1)SCCS2. The van der Waals surface area contributed by atoms with Crippen LogP contribution in [0.5, 0.6) is 0 Å². The highest BCUT2D eigenvalue weighted by atomic mass is 32.2. The van der Waals surface area contributed by atoms with Gasteiger partial charge in [0.1, 0.15) is 0 Å². The van der Waals surface area contributed by atoms with Crippen molar-refractivity contribution >= 4 is 29.5 Å². The van der Waals surface area contributed by atoms with E-state index < -0.39 is 5.97 Å². The summed E-state index contributed by atoms with van der Waals surface area (Å²) in [5.41, 5.74) is 0. The molecule has 0 aromatic carbocycles. The van der Waals surface area contributed by atoms with E-state index in [-0.39, 0.29) is 5.92 Å². The van der Waals surface area contributed by atoms with Gasteiger partial charge in [-0.05, 0) is 19.3 Å². The molecule has 1 aliphatic heterocycles. The summed E-state index contributed by atoms with van der Waals surface area (Å²) < 4.78 is 0.295. The van der Waals surface area contributed by atoms with E-state index in [0.29, 0.717) is 4.08 Å². The van der Waals surface area contributed by atoms with E-state index >= 15 is 0 Å². The van der Waals surface area contributed by atoms with Gasteiger partial charge >= 0.3 is 5.97 Å². The lowest BCUT2D eigenvalue weighted by Crippen LogP contribution is -2.15. The zero-order valence-electron chi connectivity index (χ0n) is 6.78. The molecule has 2 nitrogen and oxygen atoms in total. The van der Waals surface area contributed by atoms with Gasteiger partial charge < -0.3 is 5.11 Å². The van der Waals surface area contributed by atoms with Crippen molar-refractivity contribution in [3.8, 4) is 0 Å². The van der Waals surface area contributed by atoms with Crippen molar-refractivity contribution in [1.29, 1.82) is 0 Å². The first-order chi connectivity index (χ1) is 5.72. The zero-order valence-corrected chi connectivity index (χ0v) is 8.42. The number of hydrogen-bond donors (Lipinski definition) is 1. The minimum atomic E-state index is -0.597. The highest BCUT2D eigenvalue weighted by Gasteiger charge is 2.44. The number of thioether (sulfide) groups is 2. The third kappa shape index (κ3) is 1.46. The molecule has 0 aromatic heterocycles. The maximum absolute atomic E-state index is 10.7. The molecule has 2 aliphatic rings. The summed E-state index contributed by atoms with van der Waals surface area (Å²) in [6, 6.07) is 0. The second-order valence-corrected chi connectivity index (χ2v) is 6.60. The van der Waals surface area contributed by atoms with Gasteiger partial charge in [0.15, 0.2) is 0 Å². The first kappa shape index (κ1) is 8.75. The van der Waals surface area contributed by atoms with E-state index in [1.807, 2.05) is 23.5 Å². The lowest BCUT2D eigenvalue weighted by molar-refractivity contribution is -0.141. The lowest BCUT2D eigenvalue weighted by Gasteiger charge is -2.19. The Morgan fingerprint density at radius 1 is 1.42 bits per heavy atom. The van der Waals surface area contributed by atoms with Gasteiger partial charge in [0, 0.05) is 11.5 Å². The molecule has 0 aromatic rings. The number of rotatable bonds is 1. The van der Waals surface area contributed by atoms with Crippen molar-refractivity contribution in [2.24, 2.45) is 5.92 Å². The topological polar surface area (TPSA) is 37.3 Å². The fraction of sp³-hybridized carbons (Fsp3) is 0.875. The van der Waals surface area contributed by atoms with Gasteiger partial charge in [0.25, 0.3) is 0 Å². The summed E-state index contributed by atoms with van der Waals surface area (Å²) in [5.74, 6) is 1.75. The van der Waals surface area contributed by atoms with Crippen LogP contribution in [0.3, 0.4) is 0 Å². The van der Waals surface area contributed by atoms with Gasteiger partial charge in [-0.3, -0.25) is 4.79 Å². The molecule has 1 heterocycles. The maximum Gasteiger partial charge on any atom is 0.306 e. The molecule has 1 saturated heterocycles. The van der Waals surface area contributed by atoms with Crippen molar-refractivity contribution in [1.82, 2.24) is 0 Å². The van der Waals surface area contributed by atoms with Crippen molar-refractivity contribution in [3.05, 3.63) is 0 Å². The second kappa shape index (κ2) is 3.14. The molecule has 1 saturated carbocycles. The molecular weight excluding hydrogens is 192 g/mol. The molecule has 1 aliphatic carbocycles. The molecule has 2 fully saturated rings. The Balaban J connectivity index is 2.01. The fourth-order valence-corrected chi connectivity index (χ4v) is 5.35. The predicted octanol–water partition coefficient (Wildman–Crippen LogP) is 2.05. The fourth-order valence-electron chi connectivity index (χ4n) is 1.94. The van der Waals surface area contributed by atoms with Crippen molar-refractivity contribution in [2.75, 3.05) is 11.5 Å². The van der Waals surface area contributed by atoms with E-state index in [9.17, 15) is 4.79 Å². The van der Waals surface area contributed by atoms with Gasteiger partial charge in [-0.2, -0.15) is 0 Å². The van der Waals surface area contributed by atoms with Crippen molar-refractivity contribution in [2.45, 2.75) is 23.3 Å². The van der Waals surface area contributed by atoms with Crippen LogP contribution in [0.4, 0.5) is 0 Å². The molecule has 1 spiro atoms. The Morgan fingerprint density at radius 2 is 2.08 bits per heavy atom. The minimum absolute atomic E-state index is 0.0666. The molecule has 1 N–H and O–H groups in total. The van der Waals surface area contributed by atoms with Gasteiger partial charge in [-0.25, -0.2) is 0 Å². The average molecular weight is 204 g/mol. The highest BCUT2D eigenvalue weighted by molar-refractivity contribution is 8.21. The molecule has 12 heavy (non-hydrogen) atoms. The Bertz CT molecular complexity index is 199. The number of aliphatic carboxylic acids is 1. The maximum atomic E-state index is 10.7. The van der Waals surface area contributed by atoms with E-state index in [2.05, 4.69) is 0 Å². The van der Waals surface area contributed by atoms with E-state index in [1.54, 1.807) is 0 Å². The van der Waals surface area contributed by atoms with E-state index in [1.165, 1.54) is 11.5 Å².